The Bertz CT molecular complexity index is 805. The molecule has 1 fully saturated rings. The standard InChI is InChI=1S/C19H20BrCl2N3S/c1-12-15(20)10-16(22)17(24-12)25-18(26)23-11-19(8-2-3-9-19)13-4-6-14(21)7-5-13/h4-7,10H,2-3,8-9,11H2,1H3,(H2,23,24,25,26). The van der Waals surface area contributed by atoms with Gasteiger partial charge in [0.1, 0.15) is 0 Å². The fourth-order valence-electron chi connectivity index (χ4n) is 3.47. The van der Waals surface area contributed by atoms with E-state index >= 15 is 0 Å². The van der Waals surface area contributed by atoms with Crippen LogP contribution in [0.4, 0.5) is 5.82 Å². The third-order valence-corrected chi connectivity index (χ3v) is 6.53. The average Bonchev–Trinajstić information content (AvgIpc) is 3.09. The fraction of sp³-hybridized carbons (Fsp3) is 0.368. The zero-order valence-electron chi connectivity index (χ0n) is 14.4. The van der Waals surface area contributed by atoms with E-state index < -0.39 is 0 Å². The number of halogens is 3. The van der Waals surface area contributed by atoms with Gasteiger partial charge in [-0.15, -0.1) is 0 Å². The van der Waals surface area contributed by atoms with E-state index in [2.05, 4.69) is 43.7 Å². The second-order valence-electron chi connectivity index (χ2n) is 6.69. The molecule has 0 saturated heterocycles. The van der Waals surface area contributed by atoms with Crippen molar-refractivity contribution in [3.63, 3.8) is 0 Å². The lowest BCUT2D eigenvalue weighted by Crippen LogP contribution is -2.41. The van der Waals surface area contributed by atoms with E-state index in [1.165, 1.54) is 18.4 Å². The first kappa shape index (κ1) is 19.9. The molecular weight excluding hydrogens is 453 g/mol. The maximum absolute atomic E-state index is 6.26. The Morgan fingerprint density at radius 1 is 1.23 bits per heavy atom. The fourth-order valence-corrected chi connectivity index (χ4v) is 4.41. The molecular formula is C19H20BrCl2N3S. The van der Waals surface area contributed by atoms with Gasteiger partial charge in [0.05, 0.1) is 10.7 Å². The molecule has 1 heterocycles. The monoisotopic (exact) mass is 471 g/mol. The Kier molecular flexibility index (Phi) is 6.44. The molecule has 3 rings (SSSR count). The number of aromatic nitrogens is 1. The van der Waals surface area contributed by atoms with Gasteiger partial charge in [-0.2, -0.15) is 0 Å². The number of hydrogen-bond donors (Lipinski definition) is 2. The first-order valence-corrected chi connectivity index (χ1v) is 10.5. The summed E-state index contributed by atoms with van der Waals surface area (Å²) in [5, 5.41) is 8.30. The number of benzene rings is 1. The normalized spacial score (nSPS) is 15.7. The Morgan fingerprint density at radius 3 is 2.54 bits per heavy atom. The zero-order chi connectivity index (χ0) is 18.7. The van der Waals surface area contributed by atoms with Crippen molar-refractivity contribution in [2.24, 2.45) is 0 Å². The largest absolute Gasteiger partial charge is 0.362 e. The molecule has 0 atom stereocenters. The number of aryl methyl sites for hydroxylation is 1. The highest BCUT2D eigenvalue weighted by Gasteiger charge is 2.35. The van der Waals surface area contributed by atoms with Crippen molar-refractivity contribution in [2.75, 3.05) is 11.9 Å². The molecule has 0 bridgehead atoms. The van der Waals surface area contributed by atoms with E-state index in [4.69, 9.17) is 35.4 Å². The van der Waals surface area contributed by atoms with E-state index in [9.17, 15) is 0 Å². The molecule has 0 aliphatic heterocycles. The van der Waals surface area contributed by atoms with Crippen molar-refractivity contribution in [1.29, 1.82) is 0 Å². The zero-order valence-corrected chi connectivity index (χ0v) is 18.3. The minimum Gasteiger partial charge on any atom is -0.362 e. The highest BCUT2D eigenvalue weighted by Crippen LogP contribution is 2.41. The first-order valence-electron chi connectivity index (χ1n) is 8.53. The van der Waals surface area contributed by atoms with Gasteiger partial charge in [-0.3, -0.25) is 0 Å². The van der Waals surface area contributed by atoms with Crippen LogP contribution in [0.15, 0.2) is 34.8 Å². The third-order valence-electron chi connectivity index (χ3n) is 4.94. The van der Waals surface area contributed by atoms with Crippen LogP contribution < -0.4 is 10.6 Å². The van der Waals surface area contributed by atoms with Crippen LogP contribution in [0.5, 0.6) is 0 Å². The Hall–Kier alpha value is -0.880. The second-order valence-corrected chi connectivity index (χ2v) is 8.79. The number of anilines is 1. The molecule has 2 aromatic rings. The first-order chi connectivity index (χ1) is 12.4. The summed E-state index contributed by atoms with van der Waals surface area (Å²) in [4.78, 5) is 4.45. The SMILES string of the molecule is Cc1nc(NC(=S)NCC2(c3ccc(Cl)cc3)CCCC2)c(Cl)cc1Br. The maximum atomic E-state index is 6.26. The highest BCUT2D eigenvalue weighted by molar-refractivity contribution is 9.10. The minimum atomic E-state index is 0.0865. The van der Waals surface area contributed by atoms with Crippen LogP contribution in [0.2, 0.25) is 10.0 Å². The molecule has 2 N–H and O–H groups in total. The van der Waals surface area contributed by atoms with Crippen LogP contribution in [-0.4, -0.2) is 16.6 Å². The van der Waals surface area contributed by atoms with Crippen LogP contribution in [0, 0.1) is 6.92 Å². The molecule has 1 aliphatic carbocycles. The van der Waals surface area contributed by atoms with Gasteiger partial charge in [0.2, 0.25) is 0 Å². The number of nitrogens with one attached hydrogen (secondary N) is 2. The van der Waals surface area contributed by atoms with E-state index in [0.717, 1.165) is 34.6 Å². The molecule has 26 heavy (non-hydrogen) atoms. The van der Waals surface area contributed by atoms with Crippen molar-refractivity contribution in [2.45, 2.75) is 38.0 Å². The molecule has 1 saturated carbocycles. The van der Waals surface area contributed by atoms with Crippen molar-refractivity contribution in [3.8, 4) is 0 Å². The summed E-state index contributed by atoms with van der Waals surface area (Å²) in [7, 11) is 0. The number of nitrogens with zero attached hydrogens (tertiary/aromatic N) is 1. The van der Waals surface area contributed by atoms with Crippen LogP contribution in [0.3, 0.4) is 0 Å². The number of rotatable bonds is 4. The summed E-state index contributed by atoms with van der Waals surface area (Å²) in [5.74, 6) is 0.567. The molecule has 0 spiro atoms. The lowest BCUT2D eigenvalue weighted by molar-refractivity contribution is 0.435. The van der Waals surface area contributed by atoms with Crippen molar-refractivity contribution in [1.82, 2.24) is 10.3 Å². The molecule has 0 unspecified atom stereocenters. The molecule has 0 amide bonds. The topological polar surface area (TPSA) is 37.0 Å². The lowest BCUT2D eigenvalue weighted by atomic mass is 9.79. The van der Waals surface area contributed by atoms with E-state index in [1.807, 2.05) is 25.1 Å². The predicted molar refractivity (Wildman–Crippen MR) is 118 cm³/mol. The van der Waals surface area contributed by atoms with Gasteiger partial charge < -0.3 is 10.6 Å². The Morgan fingerprint density at radius 2 is 1.88 bits per heavy atom. The van der Waals surface area contributed by atoms with Crippen molar-refractivity contribution in [3.05, 3.63) is 56.1 Å². The molecule has 0 radical (unpaired) electrons. The van der Waals surface area contributed by atoms with Gasteiger partial charge in [-0.1, -0.05) is 48.2 Å². The van der Waals surface area contributed by atoms with E-state index in [-0.39, 0.29) is 5.41 Å². The smallest absolute Gasteiger partial charge is 0.172 e. The van der Waals surface area contributed by atoms with Gasteiger partial charge in [-0.05, 0) is 71.7 Å². The molecule has 7 heteroatoms. The quantitative estimate of drug-likeness (QED) is 0.515. The second kappa shape index (κ2) is 8.42. The van der Waals surface area contributed by atoms with Crippen molar-refractivity contribution < 1.29 is 0 Å². The maximum Gasteiger partial charge on any atom is 0.172 e. The van der Waals surface area contributed by atoms with Gasteiger partial charge in [0.25, 0.3) is 0 Å². The number of pyridine rings is 1. The van der Waals surface area contributed by atoms with E-state index in [1.54, 1.807) is 0 Å². The summed E-state index contributed by atoms with van der Waals surface area (Å²) in [5.41, 5.74) is 2.25. The van der Waals surface area contributed by atoms with Crippen molar-refractivity contribution >= 4 is 62.3 Å². The van der Waals surface area contributed by atoms with Crippen LogP contribution in [0.1, 0.15) is 36.9 Å². The van der Waals surface area contributed by atoms with Gasteiger partial charge in [0, 0.05) is 21.5 Å². The highest BCUT2D eigenvalue weighted by atomic mass is 79.9. The molecule has 1 aromatic heterocycles. The van der Waals surface area contributed by atoms with Crippen LogP contribution in [-0.2, 0) is 5.41 Å². The van der Waals surface area contributed by atoms with E-state index in [0.29, 0.717) is 16.0 Å². The summed E-state index contributed by atoms with van der Waals surface area (Å²) in [6, 6.07) is 10.00. The molecule has 1 aliphatic rings. The molecule has 1 aromatic carbocycles. The minimum absolute atomic E-state index is 0.0865. The summed E-state index contributed by atoms with van der Waals surface area (Å²) in [6.45, 7) is 2.68. The Labute approximate surface area is 178 Å². The lowest BCUT2D eigenvalue weighted by Gasteiger charge is -2.30. The summed E-state index contributed by atoms with van der Waals surface area (Å²) >= 11 is 21.2. The number of hydrogen-bond acceptors (Lipinski definition) is 2. The predicted octanol–water partition coefficient (Wildman–Crippen LogP) is 6.26. The van der Waals surface area contributed by atoms with Crippen LogP contribution in [0.25, 0.3) is 0 Å². The number of thiocarbonyl (C=S) groups is 1. The van der Waals surface area contributed by atoms with Gasteiger partial charge in [0.15, 0.2) is 10.9 Å². The Balaban J connectivity index is 1.69. The van der Waals surface area contributed by atoms with Gasteiger partial charge in [-0.25, -0.2) is 4.98 Å². The average molecular weight is 473 g/mol. The molecule has 3 nitrogen and oxygen atoms in total. The summed E-state index contributed by atoms with van der Waals surface area (Å²) < 4.78 is 0.875. The van der Waals surface area contributed by atoms with Gasteiger partial charge >= 0.3 is 0 Å². The summed E-state index contributed by atoms with van der Waals surface area (Å²) in [6.07, 6.45) is 4.73. The molecule has 138 valence electrons. The third kappa shape index (κ3) is 4.50. The van der Waals surface area contributed by atoms with Crippen LogP contribution >= 0.6 is 51.3 Å².